The van der Waals surface area contributed by atoms with Crippen molar-refractivity contribution in [2.24, 2.45) is 0 Å². The average molecular weight is 338 g/mol. The van der Waals surface area contributed by atoms with E-state index in [-0.39, 0.29) is 17.0 Å². The molecule has 1 spiro atoms. The Labute approximate surface area is 136 Å². The highest BCUT2D eigenvalue weighted by Crippen LogP contribution is 2.39. The lowest BCUT2D eigenvalue weighted by molar-refractivity contribution is -0.0338. The number of hydrogen-bond acceptors (Lipinski definition) is 5. The minimum atomic E-state index is -3.13. The van der Waals surface area contributed by atoms with Crippen LogP contribution in [0.1, 0.15) is 32.1 Å². The maximum atomic E-state index is 12.5. The van der Waals surface area contributed by atoms with Crippen molar-refractivity contribution in [3.8, 4) is 5.75 Å². The zero-order chi connectivity index (χ0) is 15.9. The van der Waals surface area contributed by atoms with Crippen molar-refractivity contribution >= 4 is 10.0 Å². The number of ether oxygens (including phenoxy) is 2. The van der Waals surface area contributed by atoms with Crippen molar-refractivity contribution in [1.82, 2.24) is 9.29 Å². The van der Waals surface area contributed by atoms with Crippen molar-refractivity contribution in [2.75, 3.05) is 19.7 Å². The Kier molecular flexibility index (Phi) is 3.82. The maximum absolute atomic E-state index is 12.5. The minimum Gasteiger partial charge on any atom is -0.486 e. The Morgan fingerprint density at radius 3 is 3.00 bits per heavy atom. The molecule has 1 aliphatic carbocycles. The van der Waals surface area contributed by atoms with Gasteiger partial charge in [-0.15, -0.1) is 0 Å². The molecule has 23 heavy (non-hydrogen) atoms. The van der Waals surface area contributed by atoms with Crippen LogP contribution in [-0.2, 0) is 14.8 Å². The first-order valence-electron chi connectivity index (χ1n) is 8.27. The van der Waals surface area contributed by atoms with Gasteiger partial charge >= 0.3 is 0 Å². The summed E-state index contributed by atoms with van der Waals surface area (Å²) in [7, 11) is -3.13. The summed E-state index contributed by atoms with van der Waals surface area (Å²) in [6.07, 6.45) is 7.46. The molecule has 0 aromatic carbocycles. The molecular weight excluding hydrogens is 316 g/mol. The number of aromatic nitrogens is 1. The second-order valence-electron chi connectivity index (χ2n) is 6.81. The summed E-state index contributed by atoms with van der Waals surface area (Å²) in [6, 6.07) is 3.72. The first kappa shape index (κ1) is 15.4. The quantitative estimate of drug-likeness (QED) is 0.834. The third kappa shape index (κ3) is 3.09. The highest BCUT2D eigenvalue weighted by Gasteiger charge is 2.49. The summed E-state index contributed by atoms with van der Waals surface area (Å²) >= 11 is 0. The Hall–Kier alpha value is -1.18. The molecule has 3 heterocycles. The molecule has 1 saturated carbocycles. The molecule has 1 aromatic heterocycles. The van der Waals surface area contributed by atoms with E-state index in [9.17, 15) is 8.42 Å². The van der Waals surface area contributed by atoms with E-state index in [0.717, 1.165) is 37.9 Å². The fourth-order valence-electron chi connectivity index (χ4n) is 3.62. The van der Waals surface area contributed by atoms with Gasteiger partial charge in [0, 0.05) is 25.7 Å². The summed E-state index contributed by atoms with van der Waals surface area (Å²) in [5.41, 5.74) is -0.382. The molecule has 4 rings (SSSR count). The SMILES string of the molecule is O=S(=O)(C1CC1)N1CCCC2(CC(Oc3cccnc3)CO2)C1. The summed E-state index contributed by atoms with van der Waals surface area (Å²) in [6.45, 7) is 1.60. The minimum absolute atomic E-state index is 0.0391. The summed E-state index contributed by atoms with van der Waals surface area (Å²) in [5, 5.41) is -0.151. The van der Waals surface area contributed by atoms with E-state index in [1.165, 1.54) is 0 Å². The molecule has 2 saturated heterocycles. The van der Waals surface area contributed by atoms with E-state index in [4.69, 9.17) is 9.47 Å². The lowest BCUT2D eigenvalue weighted by Gasteiger charge is -2.38. The molecule has 0 bridgehead atoms. The standard InChI is InChI=1S/C16H22N2O4S/c19-23(20,15-4-5-15)18-8-2-6-16(12-18)9-14(11-21-16)22-13-3-1-7-17-10-13/h1,3,7,10,14-15H,2,4-6,8-9,11-12H2. The first-order valence-corrected chi connectivity index (χ1v) is 9.77. The summed E-state index contributed by atoms with van der Waals surface area (Å²) in [4.78, 5) is 4.05. The average Bonchev–Trinajstić information content (AvgIpc) is 3.34. The lowest BCUT2D eigenvalue weighted by Crippen LogP contribution is -2.51. The van der Waals surface area contributed by atoms with Crippen LogP contribution in [0.25, 0.3) is 0 Å². The van der Waals surface area contributed by atoms with Crippen LogP contribution >= 0.6 is 0 Å². The zero-order valence-corrected chi connectivity index (χ0v) is 13.9. The molecule has 0 amide bonds. The van der Waals surface area contributed by atoms with Crippen molar-refractivity contribution in [1.29, 1.82) is 0 Å². The predicted molar refractivity (Wildman–Crippen MR) is 84.7 cm³/mol. The maximum Gasteiger partial charge on any atom is 0.217 e. The van der Waals surface area contributed by atoms with E-state index in [0.29, 0.717) is 19.7 Å². The summed E-state index contributed by atoms with van der Waals surface area (Å²) < 4.78 is 38.6. The summed E-state index contributed by atoms with van der Waals surface area (Å²) in [5.74, 6) is 0.733. The van der Waals surface area contributed by atoms with Crippen molar-refractivity contribution in [3.63, 3.8) is 0 Å². The topological polar surface area (TPSA) is 68.7 Å². The van der Waals surface area contributed by atoms with E-state index < -0.39 is 10.0 Å². The zero-order valence-electron chi connectivity index (χ0n) is 13.1. The molecule has 3 aliphatic rings. The van der Waals surface area contributed by atoms with Crippen LogP contribution in [-0.4, -0.2) is 54.4 Å². The molecule has 0 radical (unpaired) electrons. The van der Waals surface area contributed by atoms with Gasteiger partial charge in [0.05, 0.1) is 23.7 Å². The second-order valence-corrected chi connectivity index (χ2v) is 9.02. The Morgan fingerprint density at radius 2 is 2.26 bits per heavy atom. The molecule has 3 fully saturated rings. The van der Waals surface area contributed by atoms with Gasteiger partial charge in [0.25, 0.3) is 0 Å². The first-order chi connectivity index (χ1) is 11.1. The third-order valence-electron chi connectivity index (χ3n) is 4.92. The number of sulfonamides is 1. The Balaban J connectivity index is 1.43. The van der Waals surface area contributed by atoms with Crippen molar-refractivity contribution in [3.05, 3.63) is 24.5 Å². The number of piperidine rings is 1. The van der Waals surface area contributed by atoms with Gasteiger partial charge in [-0.1, -0.05) is 0 Å². The highest BCUT2D eigenvalue weighted by molar-refractivity contribution is 7.90. The van der Waals surface area contributed by atoms with Gasteiger partial charge in [-0.3, -0.25) is 4.98 Å². The smallest absolute Gasteiger partial charge is 0.217 e. The van der Waals surface area contributed by atoms with Crippen LogP contribution < -0.4 is 4.74 Å². The Bertz CT molecular complexity index is 662. The molecule has 126 valence electrons. The van der Waals surface area contributed by atoms with E-state index in [1.54, 1.807) is 16.7 Å². The van der Waals surface area contributed by atoms with Crippen LogP contribution in [0.5, 0.6) is 5.75 Å². The molecular formula is C16H22N2O4S. The van der Waals surface area contributed by atoms with Gasteiger partial charge < -0.3 is 9.47 Å². The fraction of sp³-hybridized carbons (Fsp3) is 0.688. The van der Waals surface area contributed by atoms with Crippen LogP contribution in [0.2, 0.25) is 0 Å². The molecule has 0 N–H and O–H groups in total. The largest absolute Gasteiger partial charge is 0.486 e. The van der Waals surface area contributed by atoms with Gasteiger partial charge in [0.1, 0.15) is 11.9 Å². The monoisotopic (exact) mass is 338 g/mol. The number of rotatable bonds is 4. The molecule has 2 aliphatic heterocycles. The molecule has 7 heteroatoms. The third-order valence-corrected chi connectivity index (χ3v) is 7.27. The number of nitrogens with zero attached hydrogens (tertiary/aromatic N) is 2. The number of pyridine rings is 1. The van der Waals surface area contributed by atoms with Crippen LogP contribution in [0.3, 0.4) is 0 Å². The van der Waals surface area contributed by atoms with Gasteiger partial charge in [-0.25, -0.2) is 8.42 Å². The van der Waals surface area contributed by atoms with Gasteiger partial charge in [0.15, 0.2) is 0 Å². The van der Waals surface area contributed by atoms with Crippen molar-refractivity contribution < 1.29 is 17.9 Å². The van der Waals surface area contributed by atoms with E-state index in [2.05, 4.69) is 4.98 Å². The van der Waals surface area contributed by atoms with E-state index >= 15 is 0 Å². The highest BCUT2D eigenvalue weighted by atomic mass is 32.2. The van der Waals surface area contributed by atoms with Gasteiger partial charge in [0.2, 0.25) is 10.0 Å². The second kappa shape index (κ2) is 5.72. The van der Waals surface area contributed by atoms with Crippen LogP contribution in [0.15, 0.2) is 24.5 Å². The van der Waals surface area contributed by atoms with Gasteiger partial charge in [-0.2, -0.15) is 4.31 Å². The van der Waals surface area contributed by atoms with Crippen LogP contribution in [0.4, 0.5) is 0 Å². The molecule has 2 unspecified atom stereocenters. The molecule has 6 nitrogen and oxygen atoms in total. The van der Waals surface area contributed by atoms with Crippen molar-refractivity contribution in [2.45, 2.75) is 49.1 Å². The van der Waals surface area contributed by atoms with Gasteiger partial charge in [-0.05, 0) is 37.8 Å². The predicted octanol–water partition coefficient (Wildman–Crippen LogP) is 1.58. The Morgan fingerprint density at radius 1 is 1.39 bits per heavy atom. The molecule has 2 atom stereocenters. The normalized spacial score (nSPS) is 32.3. The lowest BCUT2D eigenvalue weighted by atomic mass is 9.90. The van der Waals surface area contributed by atoms with Crippen LogP contribution in [0, 0.1) is 0 Å². The number of hydrogen-bond donors (Lipinski definition) is 0. The molecule has 1 aromatic rings. The van der Waals surface area contributed by atoms with E-state index in [1.807, 2.05) is 12.1 Å². The fourth-order valence-corrected chi connectivity index (χ4v) is 5.58.